The van der Waals surface area contributed by atoms with E-state index in [0.717, 1.165) is 0 Å². The van der Waals surface area contributed by atoms with Crippen molar-refractivity contribution < 1.29 is 9.66 Å². The van der Waals surface area contributed by atoms with Gasteiger partial charge in [-0.3, -0.25) is 10.1 Å². The molecule has 0 bridgehead atoms. The molecule has 0 unspecified atom stereocenters. The van der Waals surface area contributed by atoms with Crippen molar-refractivity contribution in [3.8, 4) is 5.75 Å². The third-order valence-corrected chi connectivity index (χ3v) is 1.75. The summed E-state index contributed by atoms with van der Waals surface area (Å²) in [6, 6.07) is 4.94. The molecular formula is C9H12N2O3. The van der Waals surface area contributed by atoms with Gasteiger partial charge in [0.1, 0.15) is 5.69 Å². The van der Waals surface area contributed by atoms with Crippen LogP contribution in [-0.4, -0.2) is 18.6 Å². The van der Waals surface area contributed by atoms with Crippen molar-refractivity contribution in [2.75, 3.05) is 19.0 Å². The maximum absolute atomic E-state index is 10.8. The standard InChI is InChI=1S/C9H12N2O3/c1-3-14-8-6-4-5-7(10-2)9(8)11(12)13/h4-6,10H,3H2,1-2H3. The average molecular weight is 196 g/mol. The molecule has 0 radical (unpaired) electrons. The van der Waals surface area contributed by atoms with Gasteiger partial charge in [0.15, 0.2) is 5.75 Å². The van der Waals surface area contributed by atoms with Crippen molar-refractivity contribution in [2.24, 2.45) is 0 Å². The molecule has 1 aromatic carbocycles. The summed E-state index contributed by atoms with van der Waals surface area (Å²) in [5.41, 5.74) is 0.442. The first-order valence-electron chi connectivity index (χ1n) is 4.28. The van der Waals surface area contributed by atoms with Gasteiger partial charge in [-0.25, -0.2) is 0 Å². The molecule has 0 fully saturated rings. The molecular weight excluding hydrogens is 184 g/mol. The number of benzene rings is 1. The van der Waals surface area contributed by atoms with Gasteiger partial charge < -0.3 is 10.1 Å². The van der Waals surface area contributed by atoms with Crippen LogP contribution < -0.4 is 10.1 Å². The minimum absolute atomic E-state index is 0.0168. The van der Waals surface area contributed by atoms with Crippen LogP contribution in [0, 0.1) is 10.1 Å². The number of anilines is 1. The van der Waals surface area contributed by atoms with Crippen LogP contribution in [0.15, 0.2) is 18.2 Å². The summed E-state index contributed by atoms with van der Waals surface area (Å²) < 4.78 is 5.16. The summed E-state index contributed by atoms with van der Waals surface area (Å²) in [4.78, 5) is 10.3. The van der Waals surface area contributed by atoms with Crippen molar-refractivity contribution in [1.29, 1.82) is 0 Å². The number of nitrogens with zero attached hydrogens (tertiary/aromatic N) is 1. The molecule has 1 aromatic rings. The van der Waals surface area contributed by atoms with Crippen molar-refractivity contribution in [3.63, 3.8) is 0 Å². The van der Waals surface area contributed by atoms with Crippen LogP contribution in [0.3, 0.4) is 0 Å². The zero-order valence-electron chi connectivity index (χ0n) is 8.11. The molecule has 0 aliphatic rings. The van der Waals surface area contributed by atoms with Crippen LogP contribution in [0.2, 0.25) is 0 Å². The molecule has 0 aliphatic carbocycles. The van der Waals surface area contributed by atoms with Crippen molar-refractivity contribution >= 4 is 11.4 Å². The number of para-hydroxylation sites is 1. The van der Waals surface area contributed by atoms with Crippen molar-refractivity contribution in [1.82, 2.24) is 0 Å². The highest BCUT2D eigenvalue weighted by atomic mass is 16.6. The molecule has 1 N–H and O–H groups in total. The first-order chi connectivity index (χ1) is 6.70. The Labute approximate surface area is 81.8 Å². The Bertz CT molecular complexity index is 339. The van der Waals surface area contributed by atoms with Crippen molar-refractivity contribution in [2.45, 2.75) is 6.92 Å². The lowest BCUT2D eigenvalue weighted by Gasteiger charge is -2.07. The molecule has 0 atom stereocenters. The number of nitro groups is 1. The zero-order chi connectivity index (χ0) is 10.6. The number of hydrogen-bond donors (Lipinski definition) is 1. The van der Waals surface area contributed by atoms with Crippen LogP contribution in [-0.2, 0) is 0 Å². The van der Waals surface area contributed by atoms with E-state index in [-0.39, 0.29) is 5.69 Å². The van der Waals surface area contributed by atoms with Gasteiger partial charge in [0.05, 0.1) is 11.5 Å². The maximum Gasteiger partial charge on any atom is 0.333 e. The first kappa shape index (κ1) is 10.3. The lowest BCUT2D eigenvalue weighted by atomic mass is 10.2. The molecule has 0 saturated heterocycles. The highest BCUT2D eigenvalue weighted by Gasteiger charge is 2.19. The van der Waals surface area contributed by atoms with E-state index in [9.17, 15) is 10.1 Å². The van der Waals surface area contributed by atoms with E-state index in [4.69, 9.17) is 4.74 Å². The maximum atomic E-state index is 10.8. The highest BCUT2D eigenvalue weighted by Crippen LogP contribution is 2.34. The second kappa shape index (κ2) is 4.45. The predicted molar refractivity (Wildman–Crippen MR) is 53.8 cm³/mol. The van der Waals surface area contributed by atoms with Gasteiger partial charge in [-0.1, -0.05) is 6.07 Å². The van der Waals surface area contributed by atoms with Gasteiger partial charge in [0.25, 0.3) is 0 Å². The lowest BCUT2D eigenvalue weighted by molar-refractivity contribution is -0.384. The summed E-state index contributed by atoms with van der Waals surface area (Å²) in [6.45, 7) is 2.20. The minimum atomic E-state index is -0.448. The number of nitro benzene ring substituents is 1. The third-order valence-electron chi connectivity index (χ3n) is 1.75. The van der Waals surface area contributed by atoms with E-state index in [1.807, 2.05) is 0 Å². The normalized spacial score (nSPS) is 9.57. The topological polar surface area (TPSA) is 64.4 Å². The molecule has 0 spiro atoms. The molecule has 14 heavy (non-hydrogen) atoms. The predicted octanol–water partition coefficient (Wildman–Crippen LogP) is 2.04. The average Bonchev–Trinajstić information content (AvgIpc) is 2.17. The minimum Gasteiger partial charge on any atom is -0.487 e. The number of rotatable bonds is 4. The summed E-state index contributed by atoms with van der Waals surface area (Å²) in [6.07, 6.45) is 0. The van der Waals surface area contributed by atoms with Crippen LogP contribution >= 0.6 is 0 Å². The van der Waals surface area contributed by atoms with E-state index >= 15 is 0 Å². The molecule has 76 valence electrons. The summed E-state index contributed by atoms with van der Waals surface area (Å²) in [5.74, 6) is 0.296. The monoisotopic (exact) mass is 196 g/mol. The Morgan fingerprint density at radius 2 is 2.29 bits per heavy atom. The molecule has 0 aliphatic heterocycles. The van der Waals surface area contributed by atoms with Crippen LogP contribution in [0.4, 0.5) is 11.4 Å². The molecule has 5 heteroatoms. The summed E-state index contributed by atoms with van der Waals surface area (Å²) in [5, 5.41) is 13.5. The van der Waals surface area contributed by atoms with Gasteiger partial charge in [0.2, 0.25) is 0 Å². The molecule has 5 nitrogen and oxygen atoms in total. The van der Waals surface area contributed by atoms with Gasteiger partial charge in [-0.05, 0) is 19.1 Å². The van der Waals surface area contributed by atoms with Crippen LogP contribution in [0.1, 0.15) is 6.92 Å². The Morgan fingerprint density at radius 1 is 1.57 bits per heavy atom. The van der Waals surface area contributed by atoms with E-state index < -0.39 is 4.92 Å². The van der Waals surface area contributed by atoms with Crippen LogP contribution in [0.25, 0.3) is 0 Å². The first-order valence-corrected chi connectivity index (χ1v) is 4.28. The van der Waals surface area contributed by atoms with Crippen LogP contribution in [0.5, 0.6) is 5.75 Å². The molecule has 0 heterocycles. The van der Waals surface area contributed by atoms with Gasteiger partial charge in [0, 0.05) is 7.05 Å². The van der Waals surface area contributed by atoms with E-state index in [0.29, 0.717) is 18.0 Å². The number of hydrogen-bond acceptors (Lipinski definition) is 4. The van der Waals surface area contributed by atoms with Crippen molar-refractivity contribution in [3.05, 3.63) is 28.3 Å². The zero-order valence-corrected chi connectivity index (χ0v) is 8.11. The van der Waals surface area contributed by atoms with Gasteiger partial charge in [-0.15, -0.1) is 0 Å². The second-order valence-electron chi connectivity index (χ2n) is 2.59. The fraction of sp³-hybridized carbons (Fsp3) is 0.333. The largest absolute Gasteiger partial charge is 0.487 e. The number of nitrogens with one attached hydrogen (secondary N) is 1. The Kier molecular flexibility index (Phi) is 3.28. The van der Waals surface area contributed by atoms with E-state index in [1.54, 1.807) is 32.2 Å². The molecule has 0 aromatic heterocycles. The Balaban J connectivity index is 3.20. The second-order valence-corrected chi connectivity index (χ2v) is 2.59. The SMILES string of the molecule is CCOc1cccc(NC)c1[N+](=O)[O-]. The summed E-state index contributed by atoms with van der Waals surface area (Å²) in [7, 11) is 1.64. The smallest absolute Gasteiger partial charge is 0.333 e. The fourth-order valence-electron chi connectivity index (χ4n) is 1.18. The van der Waals surface area contributed by atoms with E-state index in [2.05, 4.69) is 5.32 Å². The molecule has 0 saturated carbocycles. The molecule has 0 amide bonds. The third kappa shape index (κ3) is 1.93. The lowest BCUT2D eigenvalue weighted by Crippen LogP contribution is -2.01. The van der Waals surface area contributed by atoms with Gasteiger partial charge in [-0.2, -0.15) is 0 Å². The Morgan fingerprint density at radius 3 is 2.79 bits per heavy atom. The van der Waals surface area contributed by atoms with Gasteiger partial charge >= 0.3 is 5.69 Å². The molecule has 1 rings (SSSR count). The highest BCUT2D eigenvalue weighted by molar-refractivity contribution is 5.68. The quantitative estimate of drug-likeness (QED) is 0.591. The van der Waals surface area contributed by atoms with E-state index in [1.165, 1.54) is 0 Å². The fourth-order valence-corrected chi connectivity index (χ4v) is 1.18. The summed E-state index contributed by atoms with van der Waals surface area (Å²) >= 11 is 0. The number of ether oxygens (including phenoxy) is 1. The Hall–Kier alpha value is -1.78.